The van der Waals surface area contributed by atoms with Crippen LogP contribution in [0.15, 0.2) is 0 Å². The molecule has 0 nitrogen and oxygen atoms in total. The van der Waals surface area contributed by atoms with Gasteiger partial charge in [-0.2, -0.15) is 27.8 Å². The van der Waals surface area contributed by atoms with Crippen molar-refractivity contribution in [2.45, 2.75) is 69.2 Å². The van der Waals surface area contributed by atoms with Crippen LogP contribution in [0.4, 0.5) is 0 Å². The Morgan fingerprint density at radius 3 is 0.762 bits per heavy atom. The van der Waals surface area contributed by atoms with Gasteiger partial charge in [-0.3, -0.25) is 0 Å². The molecular weight excluding hydrogens is 265 g/mol. The molecule has 116 valence electrons. The first-order valence-corrected chi connectivity index (χ1v) is 7.50. The Balaban J connectivity index is 0.000000364. The molecule has 21 heavy (non-hydrogen) atoms. The van der Waals surface area contributed by atoms with Crippen LogP contribution in [0, 0.1) is 69.2 Å². The maximum atomic E-state index is 2.20. The van der Waals surface area contributed by atoms with E-state index in [4.69, 9.17) is 0 Å². The minimum atomic E-state index is 0. The monoisotopic (exact) mass is 294 g/mol. The summed E-state index contributed by atoms with van der Waals surface area (Å²) in [7, 11) is 0. The maximum absolute atomic E-state index is 2.20. The van der Waals surface area contributed by atoms with E-state index in [9.17, 15) is 0 Å². The second kappa shape index (κ2) is 7.65. The van der Waals surface area contributed by atoms with Gasteiger partial charge >= 0.3 is 23.1 Å². The third-order valence-corrected chi connectivity index (χ3v) is 5.62. The maximum Gasteiger partial charge on any atom is 2.00 e. The molecule has 0 radical (unpaired) electrons. The molecule has 0 aliphatic heterocycles. The van der Waals surface area contributed by atoms with Crippen LogP contribution in [-0.2, 0) is 0 Å². The van der Waals surface area contributed by atoms with Crippen molar-refractivity contribution in [3.8, 4) is 0 Å². The van der Waals surface area contributed by atoms with E-state index in [1.54, 1.807) is 0 Å². The molecule has 2 aromatic carbocycles. The molecule has 2 aromatic rings. The minimum Gasteiger partial charge on any atom is -0.731 e. The van der Waals surface area contributed by atoms with Crippen molar-refractivity contribution in [3.63, 3.8) is 0 Å². The Kier molecular flexibility index (Phi) is 7.45. The quantitative estimate of drug-likeness (QED) is 0.444. The Hall–Kier alpha value is -0.534. The third kappa shape index (κ3) is 3.81. The van der Waals surface area contributed by atoms with Crippen molar-refractivity contribution < 1.29 is 0 Å². The summed E-state index contributed by atoms with van der Waals surface area (Å²) in [6.45, 7) is 22.0. The Bertz CT molecular complexity index is 404. The molecule has 0 aromatic heterocycles. The predicted octanol–water partition coefficient (Wildman–Crippen LogP) is 5.51. The molecule has 0 N–H and O–H groups in total. The van der Waals surface area contributed by atoms with E-state index >= 15 is 0 Å². The summed E-state index contributed by atoms with van der Waals surface area (Å²) in [6.07, 6.45) is 0. The summed E-state index contributed by atoms with van der Waals surface area (Å²) in [6, 6.07) is 0. The summed E-state index contributed by atoms with van der Waals surface area (Å²) >= 11 is 0. The zero-order valence-electron chi connectivity index (χ0n) is 15.7. The second-order valence-corrected chi connectivity index (χ2v) is 6.25. The van der Waals surface area contributed by atoms with Crippen molar-refractivity contribution in [1.29, 1.82) is 0 Å². The first-order valence-electron chi connectivity index (χ1n) is 7.50. The molecule has 0 fully saturated rings. The van der Waals surface area contributed by atoms with Crippen LogP contribution in [0.1, 0.15) is 55.6 Å². The van der Waals surface area contributed by atoms with Crippen molar-refractivity contribution in [1.82, 2.24) is 0 Å². The first-order chi connectivity index (χ1) is 9.11. The minimum absolute atomic E-state index is 0. The van der Waals surface area contributed by atoms with Crippen LogP contribution in [-0.4, -0.2) is 23.1 Å². The zero-order valence-corrected chi connectivity index (χ0v) is 17.1. The van der Waals surface area contributed by atoms with Gasteiger partial charge in [0.15, 0.2) is 0 Å². The van der Waals surface area contributed by atoms with Gasteiger partial charge in [0.2, 0.25) is 0 Å². The van der Waals surface area contributed by atoms with Gasteiger partial charge in [-0.25, -0.2) is 34.6 Å². The van der Waals surface area contributed by atoms with Crippen molar-refractivity contribution >= 4 is 23.1 Å². The Morgan fingerprint density at radius 2 is 0.667 bits per heavy atom. The molecule has 0 atom stereocenters. The summed E-state index contributed by atoms with van der Waals surface area (Å²) < 4.78 is 0. The number of hydrogen-bond donors (Lipinski definition) is 0. The fraction of sp³-hybridized carbons (Fsp3) is 0.500. The molecule has 1 heteroatoms. The summed E-state index contributed by atoms with van der Waals surface area (Å²) in [5.41, 5.74) is 14.7. The van der Waals surface area contributed by atoms with Crippen LogP contribution >= 0.6 is 0 Å². The van der Waals surface area contributed by atoms with Gasteiger partial charge in [-0.05, 0) is 0 Å². The first kappa shape index (κ1) is 20.5. The number of hydrogen-bond acceptors (Lipinski definition) is 0. The average molecular weight is 295 g/mol. The van der Waals surface area contributed by atoms with Crippen LogP contribution in [0.25, 0.3) is 0 Å². The van der Waals surface area contributed by atoms with E-state index in [2.05, 4.69) is 69.2 Å². The molecule has 0 saturated carbocycles. The molecule has 2 rings (SSSR count). The predicted molar refractivity (Wildman–Crippen MR) is 97.2 cm³/mol. The molecule has 0 bridgehead atoms. The Morgan fingerprint density at radius 1 is 0.476 bits per heavy atom. The molecule has 0 aliphatic rings. The van der Waals surface area contributed by atoms with Gasteiger partial charge < -0.3 is 27.8 Å². The van der Waals surface area contributed by atoms with Gasteiger partial charge in [0.25, 0.3) is 0 Å². The normalized spacial score (nSPS) is 10.0. The van der Waals surface area contributed by atoms with E-state index in [-0.39, 0.29) is 23.1 Å². The van der Waals surface area contributed by atoms with Gasteiger partial charge in [0, 0.05) is 0 Å². The number of rotatable bonds is 0. The van der Waals surface area contributed by atoms with Gasteiger partial charge in [-0.1, -0.05) is 34.6 Å². The van der Waals surface area contributed by atoms with E-state index < -0.39 is 0 Å². The van der Waals surface area contributed by atoms with E-state index in [1.165, 1.54) is 55.6 Å². The van der Waals surface area contributed by atoms with Crippen LogP contribution in [0.5, 0.6) is 0 Å². The average Bonchev–Trinajstić information content (AvgIpc) is 2.71. The van der Waals surface area contributed by atoms with Gasteiger partial charge in [0.05, 0.1) is 0 Å². The van der Waals surface area contributed by atoms with E-state index in [1.807, 2.05) is 0 Å². The molecule has 0 saturated heterocycles. The summed E-state index contributed by atoms with van der Waals surface area (Å²) in [5, 5.41) is 0. The third-order valence-electron chi connectivity index (χ3n) is 5.62. The SMILES string of the molecule is C[c-]1[c-](C)[c-](C)[c-](C)[c-]1C.Cc1c(C)c(C)[c-](C)c1C.[Mg+2]. The molecular formula is C20H30Mg-4. The van der Waals surface area contributed by atoms with E-state index in [0.717, 1.165) is 0 Å². The van der Waals surface area contributed by atoms with Crippen molar-refractivity contribution in [2.24, 2.45) is 0 Å². The molecule has 0 amide bonds. The second-order valence-electron chi connectivity index (χ2n) is 6.25. The molecule has 0 heterocycles. The van der Waals surface area contributed by atoms with Crippen molar-refractivity contribution in [3.05, 3.63) is 55.6 Å². The zero-order chi connectivity index (χ0) is 15.8. The van der Waals surface area contributed by atoms with Crippen molar-refractivity contribution in [2.75, 3.05) is 0 Å². The van der Waals surface area contributed by atoms with Gasteiger partial charge in [0.1, 0.15) is 0 Å². The molecule has 0 unspecified atom stereocenters. The standard InChI is InChI=1S/2C10H15.Mg/c2*1-6-7(2)9(4)10(5)8(6)3;/h2*1-5H3;/q-5;-1;+2. The smallest absolute Gasteiger partial charge is 0.731 e. The summed E-state index contributed by atoms with van der Waals surface area (Å²) in [5.74, 6) is 0. The molecule has 0 spiro atoms. The van der Waals surface area contributed by atoms with Crippen LogP contribution in [0.2, 0.25) is 0 Å². The van der Waals surface area contributed by atoms with E-state index in [0.29, 0.717) is 0 Å². The molecule has 0 aliphatic carbocycles. The fourth-order valence-corrected chi connectivity index (χ4v) is 2.81. The Labute approximate surface area is 147 Å². The fourth-order valence-electron chi connectivity index (χ4n) is 2.81. The van der Waals surface area contributed by atoms with Crippen LogP contribution in [0.3, 0.4) is 0 Å². The van der Waals surface area contributed by atoms with Crippen LogP contribution < -0.4 is 0 Å². The summed E-state index contributed by atoms with van der Waals surface area (Å²) in [4.78, 5) is 0. The topological polar surface area (TPSA) is 0 Å². The largest absolute Gasteiger partial charge is 2.00 e. The van der Waals surface area contributed by atoms with Gasteiger partial charge in [-0.15, -0.1) is 0 Å².